The van der Waals surface area contributed by atoms with E-state index >= 15 is 0 Å². The molecule has 0 aliphatic rings. The van der Waals surface area contributed by atoms with Crippen molar-refractivity contribution in [3.63, 3.8) is 0 Å². The molecule has 1 aromatic carbocycles. The van der Waals surface area contributed by atoms with Crippen LogP contribution in [0.15, 0.2) is 41.3 Å². The summed E-state index contributed by atoms with van der Waals surface area (Å²) in [7, 11) is 0. The number of thiazole rings is 1. The summed E-state index contributed by atoms with van der Waals surface area (Å²) in [4.78, 5) is 31.9. The van der Waals surface area contributed by atoms with E-state index < -0.39 is 11.5 Å². The van der Waals surface area contributed by atoms with Crippen molar-refractivity contribution < 1.29 is 4.79 Å². The molecule has 0 saturated carbocycles. The number of nitrogens with one attached hydrogen (secondary N) is 2. The fourth-order valence-corrected chi connectivity index (χ4v) is 3.42. The van der Waals surface area contributed by atoms with E-state index in [1.165, 1.54) is 17.4 Å². The van der Waals surface area contributed by atoms with Gasteiger partial charge in [0.25, 0.3) is 11.5 Å². The van der Waals surface area contributed by atoms with Gasteiger partial charge in [-0.15, -0.1) is 11.3 Å². The molecule has 5 nitrogen and oxygen atoms in total. The van der Waals surface area contributed by atoms with Crippen LogP contribution in [0.25, 0.3) is 0 Å². The molecule has 0 radical (unpaired) electrons. The number of H-pyrrole nitrogens is 1. The lowest BCUT2D eigenvalue weighted by Gasteiger charge is -2.04. The smallest absolute Gasteiger partial charge is 0.263 e. The topological polar surface area (TPSA) is 74.8 Å². The van der Waals surface area contributed by atoms with E-state index in [-0.39, 0.29) is 5.56 Å². The zero-order valence-electron chi connectivity index (χ0n) is 13.7. The highest BCUT2D eigenvalue weighted by Crippen LogP contribution is 2.26. The van der Waals surface area contributed by atoms with Gasteiger partial charge < -0.3 is 4.98 Å². The summed E-state index contributed by atoms with van der Waals surface area (Å²) in [5.41, 5.74) is 2.38. The van der Waals surface area contributed by atoms with Gasteiger partial charge >= 0.3 is 0 Å². The predicted molar refractivity (Wildman–Crippen MR) is 101 cm³/mol. The number of benzene rings is 1. The molecule has 0 unspecified atom stereocenters. The number of aromatic amines is 1. The van der Waals surface area contributed by atoms with Crippen LogP contribution < -0.4 is 10.9 Å². The molecule has 128 valence electrons. The normalized spacial score (nSPS) is 10.7. The fourth-order valence-electron chi connectivity index (χ4n) is 2.39. The highest BCUT2D eigenvalue weighted by molar-refractivity contribution is 7.15. The summed E-state index contributed by atoms with van der Waals surface area (Å²) in [6.45, 7) is 3.72. The molecule has 25 heavy (non-hydrogen) atoms. The molecule has 0 bridgehead atoms. The quantitative estimate of drug-likeness (QED) is 0.727. The number of halogens is 1. The molecule has 0 fully saturated rings. The average Bonchev–Trinajstić information content (AvgIpc) is 2.98. The molecule has 3 aromatic rings. The highest BCUT2D eigenvalue weighted by Gasteiger charge is 2.13. The maximum absolute atomic E-state index is 12.2. The Bertz CT molecular complexity index is 994. The van der Waals surface area contributed by atoms with E-state index in [4.69, 9.17) is 11.6 Å². The van der Waals surface area contributed by atoms with Crippen molar-refractivity contribution in [3.05, 3.63) is 79.2 Å². The van der Waals surface area contributed by atoms with Crippen LogP contribution in [0.1, 0.15) is 32.1 Å². The Morgan fingerprint density at radius 1 is 1.28 bits per heavy atom. The Kier molecular flexibility index (Phi) is 5.01. The van der Waals surface area contributed by atoms with Gasteiger partial charge in [0.1, 0.15) is 5.56 Å². The number of nitrogens with zero attached hydrogens (tertiary/aromatic N) is 1. The van der Waals surface area contributed by atoms with Crippen molar-refractivity contribution >= 4 is 34.0 Å². The minimum Gasteiger partial charge on any atom is -0.326 e. The highest BCUT2D eigenvalue weighted by atomic mass is 35.5. The van der Waals surface area contributed by atoms with E-state index in [2.05, 4.69) is 15.3 Å². The third-order valence-electron chi connectivity index (χ3n) is 3.71. The summed E-state index contributed by atoms with van der Waals surface area (Å²) in [5, 5.41) is 3.86. The lowest BCUT2D eigenvalue weighted by atomic mass is 10.1. The number of aryl methyl sites for hydroxylation is 2. The van der Waals surface area contributed by atoms with E-state index in [1.807, 2.05) is 25.1 Å². The summed E-state index contributed by atoms with van der Waals surface area (Å²) < 4.78 is 0. The van der Waals surface area contributed by atoms with Gasteiger partial charge in [0, 0.05) is 28.2 Å². The summed E-state index contributed by atoms with van der Waals surface area (Å²) >= 11 is 7.68. The van der Waals surface area contributed by atoms with Crippen LogP contribution in [0, 0.1) is 13.8 Å². The number of pyridine rings is 1. The van der Waals surface area contributed by atoms with Gasteiger partial charge in [-0.05, 0) is 37.1 Å². The minimum atomic E-state index is -0.476. The van der Waals surface area contributed by atoms with Gasteiger partial charge in [-0.25, -0.2) is 4.98 Å². The number of carbonyl (C=O) groups is 1. The summed E-state index contributed by atoms with van der Waals surface area (Å²) in [5.74, 6) is -0.476. The van der Waals surface area contributed by atoms with Crippen LogP contribution in [-0.4, -0.2) is 15.9 Å². The van der Waals surface area contributed by atoms with Crippen LogP contribution in [-0.2, 0) is 6.42 Å². The van der Waals surface area contributed by atoms with E-state index in [9.17, 15) is 9.59 Å². The molecule has 2 aromatic heterocycles. The van der Waals surface area contributed by atoms with Gasteiger partial charge in [0.05, 0.1) is 0 Å². The van der Waals surface area contributed by atoms with Crippen molar-refractivity contribution in [1.82, 2.24) is 9.97 Å². The van der Waals surface area contributed by atoms with Crippen molar-refractivity contribution in [2.24, 2.45) is 0 Å². The van der Waals surface area contributed by atoms with Crippen LogP contribution in [0.4, 0.5) is 5.13 Å². The molecular weight excluding hydrogens is 358 g/mol. The van der Waals surface area contributed by atoms with Crippen molar-refractivity contribution in [3.8, 4) is 0 Å². The average molecular weight is 374 g/mol. The first-order valence-corrected chi connectivity index (χ1v) is 8.83. The number of hydrogen-bond donors (Lipinski definition) is 2. The third kappa shape index (κ3) is 3.97. The third-order valence-corrected chi connectivity index (χ3v) is 5.16. The maximum Gasteiger partial charge on any atom is 0.263 e. The van der Waals surface area contributed by atoms with Gasteiger partial charge in [0.2, 0.25) is 0 Å². The maximum atomic E-state index is 12.2. The summed E-state index contributed by atoms with van der Waals surface area (Å²) in [6.07, 6.45) is 2.34. The Morgan fingerprint density at radius 2 is 2.08 bits per heavy atom. The Balaban J connectivity index is 1.74. The van der Waals surface area contributed by atoms with Crippen LogP contribution in [0.2, 0.25) is 5.02 Å². The first-order chi connectivity index (χ1) is 11.9. The molecule has 0 spiro atoms. The predicted octanol–water partition coefficient (Wildman–Crippen LogP) is 3.94. The van der Waals surface area contributed by atoms with Gasteiger partial charge in [-0.2, -0.15) is 0 Å². The van der Waals surface area contributed by atoms with Gasteiger partial charge in [-0.3, -0.25) is 14.9 Å². The van der Waals surface area contributed by atoms with Crippen LogP contribution >= 0.6 is 22.9 Å². The van der Waals surface area contributed by atoms with E-state index in [1.54, 1.807) is 19.2 Å². The van der Waals surface area contributed by atoms with Crippen LogP contribution in [0.5, 0.6) is 0 Å². The molecule has 1 amide bonds. The molecule has 2 N–H and O–H groups in total. The molecular formula is C18H16ClN3O2S. The number of amides is 1. The first-order valence-electron chi connectivity index (χ1n) is 7.64. The lowest BCUT2D eigenvalue weighted by molar-refractivity contribution is 0.102. The van der Waals surface area contributed by atoms with Gasteiger partial charge in [-0.1, -0.05) is 29.8 Å². The number of hydrogen-bond acceptors (Lipinski definition) is 4. The second kappa shape index (κ2) is 7.21. The Labute approximate surface area is 153 Å². The minimum absolute atomic E-state index is 0.0593. The number of anilines is 1. The standard InChI is InChI=1S/C18H16ClN3O2S/c1-10-4-3-5-12(15(10)19)8-13-9-20-18(25-13)22-17(24)14-7-6-11(2)21-16(14)23/h3-7,9H,8H2,1-2H3,(H,21,23)(H,20,22,24). The Hall–Kier alpha value is -2.44. The zero-order chi connectivity index (χ0) is 18.0. The molecule has 7 heteroatoms. The van der Waals surface area contributed by atoms with Crippen molar-refractivity contribution in [1.29, 1.82) is 0 Å². The van der Waals surface area contributed by atoms with Gasteiger partial charge in [0.15, 0.2) is 5.13 Å². The number of rotatable bonds is 4. The van der Waals surface area contributed by atoms with Crippen LogP contribution in [0.3, 0.4) is 0 Å². The molecule has 0 atom stereocenters. The summed E-state index contributed by atoms with van der Waals surface area (Å²) in [6, 6.07) is 9.08. The second-order valence-corrected chi connectivity index (χ2v) is 7.19. The molecule has 0 aliphatic carbocycles. The monoisotopic (exact) mass is 373 g/mol. The molecule has 3 rings (SSSR count). The lowest BCUT2D eigenvalue weighted by Crippen LogP contribution is -2.23. The van der Waals surface area contributed by atoms with Crippen molar-refractivity contribution in [2.75, 3.05) is 5.32 Å². The molecule has 0 aliphatic heterocycles. The first kappa shape index (κ1) is 17.4. The van der Waals surface area contributed by atoms with Crippen molar-refractivity contribution in [2.45, 2.75) is 20.3 Å². The zero-order valence-corrected chi connectivity index (χ0v) is 15.3. The number of carbonyl (C=O) groups excluding carboxylic acids is 1. The SMILES string of the molecule is Cc1ccc(C(=O)Nc2ncc(Cc3cccc(C)c3Cl)s2)c(=O)[nH]1. The fraction of sp³-hybridized carbons (Fsp3) is 0.167. The molecule has 0 saturated heterocycles. The van der Waals surface area contributed by atoms with E-state index in [0.717, 1.165) is 21.0 Å². The van der Waals surface area contributed by atoms with E-state index in [0.29, 0.717) is 17.2 Å². The number of aromatic nitrogens is 2. The Morgan fingerprint density at radius 3 is 2.84 bits per heavy atom. The molecule has 2 heterocycles. The second-order valence-electron chi connectivity index (χ2n) is 5.69. The largest absolute Gasteiger partial charge is 0.326 e.